The van der Waals surface area contributed by atoms with Gasteiger partial charge in [0, 0.05) is 43.4 Å². The highest BCUT2D eigenvalue weighted by atomic mass is 32.2. The monoisotopic (exact) mass is 427 g/mol. The molecule has 0 radical (unpaired) electrons. The minimum absolute atomic E-state index is 0.168. The van der Waals surface area contributed by atoms with Crippen molar-refractivity contribution < 1.29 is 14.3 Å². The van der Waals surface area contributed by atoms with E-state index in [1.807, 2.05) is 72.1 Å². The van der Waals surface area contributed by atoms with E-state index in [1.165, 1.54) is 0 Å². The molecule has 3 rings (SSSR count). The van der Waals surface area contributed by atoms with E-state index in [4.69, 9.17) is 4.74 Å². The Labute approximate surface area is 182 Å². The van der Waals surface area contributed by atoms with Gasteiger partial charge in [-0.05, 0) is 35.7 Å². The smallest absolute Gasteiger partial charge is 0.319 e. The number of nitrogens with zero attached hydrogens (tertiary/aromatic N) is 1. The number of amides is 3. The highest BCUT2D eigenvalue weighted by Gasteiger charge is 2.16. The Hall–Kier alpha value is -2.51. The van der Waals surface area contributed by atoms with E-state index in [1.54, 1.807) is 0 Å². The first kappa shape index (κ1) is 22.2. The Morgan fingerprint density at radius 3 is 2.27 bits per heavy atom. The standard InChI is InChI=1S/C23H29N3O3S/c1-2-29-17-20-5-3-19(4-6-20)16-24-23(28)25-21-9-7-18(8-10-21)15-22(27)26-11-13-30-14-12-26/h3-10H,2,11-17H2,1H3,(H2,24,25,28). The second-order valence-electron chi connectivity index (χ2n) is 7.13. The molecule has 160 valence electrons. The lowest BCUT2D eigenvalue weighted by molar-refractivity contribution is -0.130. The van der Waals surface area contributed by atoms with Crippen molar-refractivity contribution in [3.63, 3.8) is 0 Å². The summed E-state index contributed by atoms with van der Waals surface area (Å²) in [5, 5.41) is 5.68. The normalized spacial score (nSPS) is 13.7. The van der Waals surface area contributed by atoms with Crippen molar-refractivity contribution in [2.45, 2.75) is 26.5 Å². The SMILES string of the molecule is CCOCc1ccc(CNC(=O)Nc2ccc(CC(=O)N3CCSCC3)cc2)cc1. The maximum absolute atomic E-state index is 12.4. The van der Waals surface area contributed by atoms with E-state index in [-0.39, 0.29) is 11.9 Å². The first-order valence-corrected chi connectivity index (χ1v) is 11.4. The summed E-state index contributed by atoms with van der Waals surface area (Å²) in [6.07, 6.45) is 0.399. The lowest BCUT2D eigenvalue weighted by Crippen LogP contribution is -2.38. The summed E-state index contributed by atoms with van der Waals surface area (Å²) in [5.41, 5.74) is 3.79. The summed E-state index contributed by atoms with van der Waals surface area (Å²) in [7, 11) is 0. The van der Waals surface area contributed by atoms with Gasteiger partial charge in [-0.15, -0.1) is 0 Å². The molecule has 6 nitrogen and oxygen atoms in total. The first-order chi connectivity index (χ1) is 14.6. The molecular weight excluding hydrogens is 398 g/mol. The molecule has 1 saturated heterocycles. The van der Waals surface area contributed by atoms with Gasteiger partial charge in [-0.3, -0.25) is 4.79 Å². The third-order valence-electron chi connectivity index (χ3n) is 4.88. The van der Waals surface area contributed by atoms with Crippen molar-refractivity contribution in [2.24, 2.45) is 0 Å². The van der Waals surface area contributed by atoms with Crippen LogP contribution in [0, 0.1) is 0 Å². The molecule has 1 aliphatic rings. The summed E-state index contributed by atoms with van der Waals surface area (Å²) in [5.74, 6) is 2.20. The van der Waals surface area contributed by atoms with Crippen molar-refractivity contribution >= 4 is 29.4 Å². The lowest BCUT2D eigenvalue weighted by atomic mass is 10.1. The Kier molecular flexibility index (Phi) is 8.59. The molecule has 0 aliphatic carbocycles. The molecule has 2 aromatic rings. The van der Waals surface area contributed by atoms with Gasteiger partial charge in [-0.2, -0.15) is 11.8 Å². The minimum Gasteiger partial charge on any atom is -0.377 e. The Balaban J connectivity index is 1.42. The average Bonchev–Trinajstić information content (AvgIpc) is 2.79. The molecule has 0 unspecified atom stereocenters. The molecule has 3 amide bonds. The number of carbonyl (C=O) groups excluding carboxylic acids is 2. The van der Waals surface area contributed by atoms with Crippen molar-refractivity contribution in [1.82, 2.24) is 10.2 Å². The molecule has 0 bridgehead atoms. The van der Waals surface area contributed by atoms with Crippen molar-refractivity contribution in [1.29, 1.82) is 0 Å². The van der Waals surface area contributed by atoms with Gasteiger partial charge < -0.3 is 20.3 Å². The fourth-order valence-electron chi connectivity index (χ4n) is 3.14. The second-order valence-corrected chi connectivity index (χ2v) is 8.35. The summed E-state index contributed by atoms with van der Waals surface area (Å²) in [6.45, 7) is 5.37. The molecule has 0 saturated carbocycles. The maximum Gasteiger partial charge on any atom is 0.319 e. The quantitative estimate of drug-likeness (QED) is 0.675. The molecule has 1 fully saturated rings. The van der Waals surface area contributed by atoms with Crippen molar-refractivity contribution in [3.05, 3.63) is 65.2 Å². The van der Waals surface area contributed by atoms with Crippen LogP contribution in [0.4, 0.5) is 10.5 Å². The number of benzene rings is 2. The van der Waals surface area contributed by atoms with E-state index < -0.39 is 0 Å². The number of hydrogen-bond donors (Lipinski definition) is 2. The zero-order valence-corrected chi connectivity index (χ0v) is 18.2. The fraction of sp³-hybridized carbons (Fsp3) is 0.391. The molecule has 30 heavy (non-hydrogen) atoms. The summed E-state index contributed by atoms with van der Waals surface area (Å²) < 4.78 is 5.38. The van der Waals surface area contributed by atoms with Crippen LogP contribution in [0.5, 0.6) is 0 Å². The molecular formula is C23H29N3O3S. The minimum atomic E-state index is -0.261. The van der Waals surface area contributed by atoms with Crippen molar-refractivity contribution in [2.75, 3.05) is 36.5 Å². The summed E-state index contributed by atoms with van der Waals surface area (Å²) in [6, 6.07) is 15.2. The van der Waals surface area contributed by atoms with Crippen LogP contribution in [0.25, 0.3) is 0 Å². The Morgan fingerprint density at radius 2 is 1.60 bits per heavy atom. The molecule has 2 aromatic carbocycles. The largest absolute Gasteiger partial charge is 0.377 e. The number of rotatable bonds is 8. The number of ether oxygens (including phenoxy) is 1. The van der Waals surface area contributed by atoms with Gasteiger partial charge >= 0.3 is 6.03 Å². The van der Waals surface area contributed by atoms with Gasteiger partial charge in [0.15, 0.2) is 0 Å². The first-order valence-electron chi connectivity index (χ1n) is 10.3. The van der Waals surface area contributed by atoms with Crippen LogP contribution in [0.1, 0.15) is 23.6 Å². The van der Waals surface area contributed by atoms with Crippen LogP contribution < -0.4 is 10.6 Å². The van der Waals surface area contributed by atoms with Gasteiger partial charge in [0.05, 0.1) is 13.0 Å². The third kappa shape index (κ3) is 7.07. The number of urea groups is 1. The summed E-state index contributed by atoms with van der Waals surface area (Å²) >= 11 is 1.89. The highest BCUT2D eigenvalue weighted by molar-refractivity contribution is 7.99. The van der Waals surface area contributed by atoms with Crippen LogP contribution in [0.15, 0.2) is 48.5 Å². The summed E-state index contributed by atoms with van der Waals surface area (Å²) in [4.78, 5) is 26.4. The number of nitrogens with one attached hydrogen (secondary N) is 2. The van der Waals surface area contributed by atoms with Gasteiger partial charge in [-0.1, -0.05) is 36.4 Å². The molecule has 0 atom stereocenters. The number of thioether (sulfide) groups is 1. The fourth-order valence-corrected chi connectivity index (χ4v) is 4.04. The predicted molar refractivity (Wildman–Crippen MR) is 122 cm³/mol. The second kappa shape index (κ2) is 11.6. The maximum atomic E-state index is 12.4. The van der Waals surface area contributed by atoms with E-state index in [0.29, 0.717) is 31.9 Å². The van der Waals surface area contributed by atoms with Crippen LogP contribution in [-0.2, 0) is 29.1 Å². The number of anilines is 1. The average molecular weight is 428 g/mol. The van der Waals surface area contributed by atoms with Gasteiger partial charge in [-0.25, -0.2) is 4.79 Å². The topological polar surface area (TPSA) is 70.7 Å². The van der Waals surface area contributed by atoms with E-state index >= 15 is 0 Å². The highest BCUT2D eigenvalue weighted by Crippen LogP contribution is 2.14. The zero-order chi connectivity index (χ0) is 21.2. The van der Waals surface area contributed by atoms with Crippen molar-refractivity contribution in [3.8, 4) is 0 Å². The molecule has 0 spiro atoms. The van der Waals surface area contributed by atoms with Crippen LogP contribution in [-0.4, -0.2) is 48.0 Å². The zero-order valence-electron chi connectivity index (χ0n) is 17.4. The van der Waals surface area contributed by atoms with Gasteiger partial charge in [0.25, 0.3) is 0 Å². The molecule has 0 aromatic heterocycles. The van der Waals surface area contributed by atoms with E-state index in [9.17, 15) is 9.59 Å². The van der Waals surface area contributed by atoms with Gasteiger partial charge in [0.1, 0.15) is 0 Å². The van der Waals surface area contributed by atoms with Crippen LogP contribution in [0.2, 0.25) is 0 Å². The number of carbonyl (C=O) groups is 2. The van der Waals surface area contributed by atoms with Crippen LogP contribution >= 0.6 is 11.8 Å². The van der Waals surface area contributed by atoms with Crippen LogP contribution in [0.3, 0.4) is 0 Å². The van der Waals surface area contributed by atoms with E-state index in [0.717, 1.165) is 41.3 Å². The molecule has 1 aliphatic heterocycles. The lowest BCUT2D eigenvalue weighted by Gasteiger charge is -2.26. The third-order valence-corrected chi connectivity index (χ3v) is 5.82. The number of hydrogen-bond acceptors (Lipinski definition) is 4. The van der Waals surface area contributed by atoms with E-state index in [2.05, 4.69) is 10.6 Å². The predicted octanol–water partition coefficient (Wildman–Crippen LogP) is 3.66. The van der Waals surface area contributed by atoms with Gasteiger partial charge in [0.2, 0.25) is 5.91 Å². The Bertz CT molecular complexity index is 819. The Morgan fingerprint density at radius 1 is 0.967 bits per heavy atom. The molecule has 2 N–H and O–H groups in total. The molecule has 1 heterocycles. The molecule has 7 heteroatoms.